The van der Waals surface area contributed by atoms with E-state index in [1.165, 1.54) is 0 Å². The predicted molar refractivity (Wildman–Crippen MR) is 100 cm³/mol. The van der Waals surface area contributed by atoms with E-state index in [1.807, 2.05) is 35.1 Å². The van der Waals surface area contributed by atoms with Crippen LogP contribution in [0.15, 0.2) is 30.5 Å². The Morgan fingerprint density at radius 2 is 2.04 bits per heavy atom. The molecule has 0 radical (unpaired) electrons. The van der Waals surface area contributed by atoms with Crippen LogP contribution in [0.1, 0.15) is 11.3 Å². The van der Waals surface area contributed by atoms with Crippen LogP contribution >= 0.6 is 24.0 Å². The number of rotatable bonds is 5. The van der Waals surface area contributed by atoms with Gasteiger partial charge in [0.15, 0.2) is 0 Å². The van der Waals surface area contributed by atoms with E-state index in [1.54, 1.807) is 18.9 Å². The highest BCUT2D eigenvalue weighted by Crippen LogP contribution is 2.16. The fourth-order valence-electron chi connectivity index (χ4n) is 2.47. The summed E-state index contributed by atoms with van der Waals surface area (Å²) in [6.45, 7) is 4.66. The molecule has 0 amide bonds. The molecule has 2 aromatic rings. The zero-order chi connectivity index (χ0) is 16.8. The van der Waals surface area contributed by atoms with Crippen molar-refractivity contribution in [2.75, 3.05) is 33.3 Å². The summed E-state index contributed by atoms with van der Waals surface area (Å²) >= 11 is 7.16. The van der Waals surface area contributed by atoms with Crippen LogP contribution in [0.5, 0.6) is 5.75 Å². The van der Waals surface area contributed by atoms with Gasteiger partial charge in [0.05, 0.1) is 19.3 Å². The molecule has 1 aliphatic heterocycles. The summed E-state index contributed by atoms with van der Waals surface area (Å²) in [5.41, 5.74) is 2.11. The lowest BCUT2D eigenvalue weighted by Crippen LogP contribution is -2.44. The fourth-order valence-corrected chi connectivity index (χ4v) is 3.60. The third-order valence-corrected chi connectivity index (χ3v) is 5.37. The first kappa shape index (κ1) is 17.2. The smallest absolute Gasteiger partial charge is 0.136 e. The summed E-state index contributed by atoms with van der Waals surface area (Å²) in [6, 6.07) is 7.98. The number of nitrogens with zero attached hydrogens (tertiary/aromatic N) is 4. The van der Waals surface area contributed by atoms with E-state index in [0.29, 0.717) is 6.54 Å². The zero-order valence-electron chi connectivity index (χ0n) is 13.6. The summed E-state index contributed by atoms with van der Waals surface area (Å²) in [5.74, 6) is 1.61. The molecule has 1 aliphatic rings. The number of methoxy groups -OCH3 is 1. The van der Waals surface area contributed by atoms with E-state index >= 15 is 0 Å². The summed E-state index contributed by atoms with van der Waals surface area (Å²) in [7, 11) is 1.67. The van der Waals surface area contributed by atoms with Gasteiger partial charge in [-0.3, -0.25) is 0 Å². The summed E-state index contributed by atoms with van der Waals surface area (Å²) in [5, 5.41) is 11.8. The van der Waals surface area contributed by atoms with E-state index in [2.05, 4.69) is 20.5 Å². The molecule has 3 rings (SSSR count). The molecule has 8 heteroatoms. The molecule has 6 nitrogen and oxygen atoms in total. The van der Waals surface area contributed by atoms with Gasteiger partial charge in [0.1, 0.15) is 10.1 Å². The van der Waals surface area contributed by atoms with Gasteiger partial charge in [-0.15, -0.1) is 5.10 Å². The van der Waals surface area contributed by atoms with Gasteiger partial charge in [0.2, 0.25) is 0 Å². The Balaban J connectivity index is 1.50. The van der Waals surface area contributed by atoms with Crippen LogP contribution in [0.25, 0.3) is 0 Å². The lowest BCUT2D eigenvalue weighted by Gasteiger charge is -2.28. The molecule has 1 aromatic carbocycles. The zero-order valence-corrected chi connectivity index (χ0v) is 15.3. The first-order valence-electron chi connectivity index (χ1n) is 7.89. The Morgan fingerprint density at radius 1 is 1.29 bits per heavy atom. The summed E-state index contributed by atoms with van der Waals surface area (Å²) < 4.78 is 7.97. The molecule has 2 heterocycles. The highest BCUT2D eigenvalue weighted by molar-refractivity contribution is 8.22. The van der Waals surface area contributed by atoms with Gasteiger partial charge in [-0.2, -0.15) is 0 Å². The second kappa shape index (κ2) is 8.46. The maximum Gasteiger partial charge on any atom is 0.136 e. The quantitative estimate of drug-likeness (QED) is 0.812. The second-order valence-corrected chi connectivity index (χ2v) is 7.16. The average Bonchev–Trinajstić information content (AvgIpc) is 3.08. The third kappa shape index (κ3) is 4.68. The molecule has 24 heavy (non-hydrogen) atoms. The molecule has 0 spiro atoms. The minimum absolute atomic E-state index is 0.698. The van der Waals surface area contributed by atoms with Crippen molar-refractivity contribution >= 4 is 28.3 Å². The van der Waals surface area contributed by atoms with E-state index in [4.69, 9.17) is 17.0 Å². The maximum absolute atomic E-state index is 5.50. The highest BCUT2D eigenvalue weighted by Gasteiger charge is 2.14. The minimum Gasteiger partial charge on any atom is -0.497 e. The molecule has 1 aromatic heterocycles. The lowest BCUT2D eigenvalue weighted by molar-refractivity contribution is 0.368. The number of aromatic nitrogens is 3. The monoisotopic (exact) mass is 363 g/mol. The van der Waals surface area contributed by atoms with Crippen molar-refractivity contribution in [3.05, 3.63) is 41.7 Å². The van der Waals surface area contributed by atoms with Gasteiger partial charge < -0.3 is 15.0 Å². The van der Waals surface area contributed by atoms with Crippen molar-refractivity contribution in [1.29, 1.82) is 0 Å². The SMILES string of the molecule is COc1ccc(Cn2cc(CSC(=S)N3CCNCC3)nn2)cc1. The Labute approximate surface area is 151 Å². The molecular formula is C16H21N5OS2. The van der Waals surface area contributed by atoms with E-state index in [-0.39, 0.29) is 0 Å². The van der Waals surface area contributed by atoms with Crippen molar-refractivity contribution in [3.8, 4) is 5.75 Å². The van der Waals surface area contributed by atoms with E-state index < -0.39 is 0 Å². The number of thiocarbonyl (C=S) groups is 1. The maximum atomic E-state index is 5.50. The van der Waals surface area contributed by atoms with Crippen LogP contribution in [0.4, 0.5) is 0 Å². The van der Waals surface area contributed by atoms with Crippen LogP contribution in [-0.2, 0) is 12.3 Å². The van der Waals surface area contributed by atoms with Crippen molar-refractivity contribution in [1.82, 2.24) is 25.2 Å². The van der Waals surface area contributed by atoms with Crippen molar-refractivity contribution in [3.63, 3.8) is 0 Å². The van der Waals surface area contributed by atoms with E-state index in [0.717, 1.165) is 53.3 Å². The number of ether oxygens (including phenoxy) is 1. The first-order valence-corrected chi connectivity index (χ1v) is 9.28. The van der Waals surface area contributed by atoms with Gasteiger partial charge >= 0.3 is 0 Å². The van der Waals surface area contributed by atoms with Gasteiger partial charge in [-0.05, 0) is 17.7 Å². The standard InChI is InChI=1S/C16H21N5OS2/c1-22-15-4-2-13(3-5-15)10-21-11-14(18-19-21)12-24-16(23)20-8-6-17-7-9-20/h2-5,11,17H,6-10,12H2,1H3. The molecule has 0 bridgehead atoms. The summed E-state index contributed by atoms with van der Waals surface area (Å²) in [4.78, 5) is 2.25. The number of benzene rings is 1. The molecule has 0 saturated carbocycles. The predicted octanol–water partition coefficient (Wildman–Crippen LogP) is 1.76. The molecular weight excluding hydrogens is 342 g/mol. The van der Waals surface area contributed by atoms with Gasteiger partial charge in [-0.25, -0.2) is 4.68 Å². The first-order chi connectivity index (χ1) is 11.7. The molecule has 0 aliphatic carbocycles. The molecule has 0 atom stereocenters. The van der Waals surface area contributed by atoms with Crippen molar-refractivity contribution in [2.24, 2.45) is 0 Å². The van der Waals surface area contributed by atoms with Crippen LogP contribution < -0.4 is 10.1 Å². The van der Waals surface area contributed by atoms with E-state index in [9.17, 15) is 0 Å². The Bertz CT molecular complexity index is 667. The molecule has 1 fully saturated rings. The van der Waals surface area contributed by atoms with Crippen molar-refractivity contribution in [2.45, 2.75) is 12.3 Å². The molecule has 1 N–H and O–H groups in total. The summed E-state index contributed by atoms with van der Waals surface area (Å²) in [6.07, 6.45) is 1.98. The fraction of sp³-hybridized carbons (Fsp3) is 0.438. The number of hydrogen-bond acceptors (Lipinski definition) is 6. The topological polar surface area (TPSA) is 55.2 Å². The highest BCUT2D eigenvalue weighted by atomic mass is 32.2. The molecule has 128 valence electrons. The number of nitrogens with one attached hydrogen (secondary N) is 1. The van der Waals surface area contributed by atoms with Crippen LogP contribution in [0.3, 0.4) is 0 Å². The third-order valence-electron chi connectivity index (χ3n) is 3.81. The van der Waals surface area contributed by atoms with Crippen molar-refractivity contribution < 1.29 is 4.74 Å². The number of hydrogen-bond donors (Lipinski definition) is 1. The van der Waals surface area contributed by atoms with Crippen LogP contribution in [-0.4, -0.2) is 57.5 Å². The molecule has 1 saturated heterocycles. The largest absolute Gasteiger partial charge is 0.497 e. The Morgan fingerprint density at radius 3 is 2.75 bits per heavy atom. The average molecular weight is 364 g/mol. The van der Waals surface area contributed by atoms with Gasteiger partial charge in [0, 0.05) is 38.1 Å². The normalized spacial score (nSPS) is 14.6. The minimum atomic E-state index is 0.698. The Kier molecular flexibility index (Phi) is 6.06. The Hall–Kier alpha value is -1.64. The van der Waals surface area contributed by atoms with Crippen LogP contribution in [0.2, 0.25) is 0 Å². The molecule has 0 unspecified atom stereocenters. The lowest BCUT2D eigenvalue weighted by atomic mass is 10.2. The van der Waals surface area contributed by atoms with Gasteiger partial charge in [-0.1, -0.05) is 41.3 Å². The number of piperazine rings is 1. The van der Waals surface area contributed by atoms with Gasteiger partial charge in [0.25, 0.3) is 0 Å². The van der Waals surface area contributed by atoms with Crippen LogP contribution in [0, 0.1) is 0 Å². The second-order valence-electron chi connectivity index (χ2n) is 5.55. The number of thioether (sulfide) groups is 1.